The second-order valence-corrected chi connectivity index (χ2v) is 5.60. The lowest BCUT2D eigenvalue weighted by molar-refractivity contribution is 0.0474. The highest BCUT2D eigenvalue weighted by Gasteiger charge is 2.12. The second-order valence-electron chi connectivity index (χ2n) is 5.60. The third-order valence-corrected chi connectivity index (χ3v) is 3.66. The van der Waals surface area contributed by atoms with Gasteiger partial charge in [0.05, 0.1) is 5.56 Å². The largest absolute Gasteiger partial charge is 0.489 e. The monoisotopic (exact) mass is 352 g/mol. The third-order valence-electron chi connectivity index (χ3n) is 3.66. The number of anilines is 1. The summed E-state index contributed by atoms with van der Waals surface area (Å²) in [5.41, 5.74) is 7.60. The molecule has 2 aromatic carbocycles. The van der Waals surface area contributed by atoms with Crippen LogP contribution in [-0.2, 0) is 18.0 Å². The average molecular weight is 352 g/mol. The normalized spacial score (nSPS) is 10.3. The van der Waals surface area contributed by atoms with Gasteiger partial charge in [-0.2, -0.15) is 0 Å². The van der Waals surface area contributed by atoms with Crippen LogP contribution in [0.4, 0.5) is 10.1 Å². The molecule has 1 heterocycles. The smallest absolute Gasteiger partial charge is 0.340 e. The van der Waals surface area contributed by atoms with Crippen LogP contribution in [0.5, 0.6) is 5.75 Å². The molecule has 5 nitrogen and oxygen atoms in total. The van der Waals surface area contributed by atoms with Gasteiger partial charge < -0.3 is 15.2 Å². The Hall–Kier alpha value is -3.41. The van der Waals surface area contributed by atoms with Crippen molar-refractivity contribution in [2.45, 2.75) is 13.2 Å². The maximum atomic E-state index is 13.0. The van der Waals surface area contributed by atoms with Crippen molar-refractivity contribution in [3.05, 3.63) is 89.5 Å². The molecule has 3 aromatic rings. The zero-order valence-electron chi connectivity index (χ0n) is 13.9. The van der Waals surface area contributed by atoms with E-state index < -0.39 is 11.8 Å². The quantitative estimate of drug-likeness (QED) is 0.540. The Balaban J connectivity index is 1.53. The van der Waals surface area contributed by atoms with Crippen molar-refractivity contribution in [3.8, 4) is 5.75 Å². The Morgan fingerprint density at radius 3 is 2.54 bits per heavy atom. The lowest BCUT2D eigenvalue weighted by Crippen LogP contribution is -2.08. The van der Waals surface area contributed by atoms with Crippen LogP contribution in [0.15, 0.2) is 67.0 Å². The molecule has 2 N–H and O–H groups in total. The molecule has 0 fully saturated rings. The summed E-state index contributed by atoms with van der Waals surface area (Å²) in [6.07, 6.45) is 3.45. The minimum absolute atomic E-state index is 0.0501. The molecule has 0 amide bonds. The van der Waals surface area contributed by atoms with Crippen LogP contribution >= 0.6 is 0 Å². The molecule has 0 saturated heterocycles. The zero-order chi connectivity index (χ0) is 18.4. The number of nitrogen functional groups attached to an aromatic ring is 1. The van der Waals surface area contributed by atoms with E-state index in [1.165, 1.54) is 12.1 Å². The number of ether oxygens (including phenoxy) is 2. The number of carbonyl (C=O) groups is 1. The maximum Gasteiger partial charge on any atom is 0.340 e. The van der Waals surface area contributed by atoms with Gasteiger partial charge in [-0.3, -0.25) is 4.98 Å². The van der Waals surface area contributed by atoms with E-state index in [1.807, 2.05) is 12.1 Å². The minimum Gasteiger partial charge on any atom is -0.489 e. The van der Waals surface area contributed by atoms with E-state index in [1.54, 1.807) is 36.7 Å². The van der Waals surface area contributed by atoms with Gasteiger partial charge in [-0.05, 0) is 42.0 Å². The van der Waals surface area contributed by atoms with E-state index in [0.29, 0.717) is 12.4 Å². The lowest BCUT2D eigenvalue weighted by Gasteiger charge is -2.09. The maximum absolute atomic E-state index is 13.0. The van der Waals surface area contributed by atoms with Crippen molar-refractivity contribution < 1.29 is 18.7 Å². The molecule has 132 valence electrons. The summed E-state index contributed by atoms with van der Waals surface area (Å²) in [6, 6.07) is 14.6. The third kappa shape index (κ3) is 4.57. The molecule has 0 spiro atoms. The predicted molar refractivity (Wildman–Crippen MR) is 94.9 cm³/mol. The highest BCUT2D eigenvalue weighted by Crippen LogP contribution is 2.17. The topological polar surface area (TPSA) is 74.4 Å². The van der Waals surface area contributed by atoms with E-state index in [2.05, 4.69) is 4.98 Å². The summed E-state index contributed by atoms with van der Waals surface area (Å²) >= 11 is 0. The number of benzene rings is 2. The van der Waals surface area contributed by atoms with Gasteiger partial charge in [0, 0.05) is 23.6 Å². The molecule has 0 aliphatic rings. The summed E-state index contributed by atoms with van der Waals surface area (Å²) in [6.45, 7) is 0.505. The highest BCUT2D eigenvalue weighted by molar-refractivity contribution is 5.94. The molecule has 0 atom stereocenters. The molecule has 0 bridgehead atoms. The molecular formula is C20H17FN2O3. The molecule has 26 heavy (non-hydrogen) atoms. The van der Waals surface area contributed by atoms with Gasteiger partial charge in [0.25, 0.3) is 0 Å². The number of esters is 1. The standard InChI is InChI=1S/C20H17FN2O3/c21-16-5-8-18(19(22)10-16)20(24)26-12-14-3-6-17(7-4-14)25-13-15-2-1-9-23-11-15/h1-11H,12-13,22H2. The van der Waals surface area contributed by atoms with Gasteiger partial charge in [0.1, 0.15) is 24.8 Å². The van der Waals surface area contributed by atoms with Crippen molar-refractivity contribution in [1.29, 1.82) is 0 Å². The molecule has 0 aliphatic carbocycles. The van der Waals surface area contributed by atoms with Gasteiger partial charge in [-0.1, -0.05) is 18.2 Å². The first-order valence-electron chi connectivity index (χ1n) is 7.94. The lowest BCUT2D eigenvalue weighted by atomic mass is 10.2. The molecule has 1 aromatic heterocycles. The van der Waals surface area contributed by atoms with Crippen molar-refractivity contribution in [2.75, 3.05) is 5.73 Å². The van der Waals surface area contributed by atoms with E-state index in [4.69, 9.17) is 15.2 Å². The van der Waals surface area contributed by atoms with Crippen molar-refractivity contribution in [1.82, 2.24) is 4.98 Å². The number of hydrogen-bond donors (Lipinski definition) is 1. The van der Waals surface area contributed by atoms with Crippen molar-refractivity contribution >= 4 is 11.7 Å². The Morgan fingerprint density at radius 2 is 1.85 bits per heavy atom. The minimum atomic E-state index is -0.598. The van der Waals surface area contributed by atoms with Crippen LogP contribution in [0.1, 0.15) is 21.5 Å². The molecule has 3 rings (SSSR count). The van der Waals surface area contributed by atoms with Gasteiger partial charge in [0.2, 0.25) is 0 Å². The van der Waals surface area contributed by atoms with Crippen LogP contribution in [0.2, 0.25) is 0 Å². The van der Waals surface area contributed by atoms with E-state index in [9.17, 15) is 9.18 Å². The fourth-order valence-electron chi connectivity index (χ4n) is 2.28. The fourth-order valence-corrected chi connectivity index (χ4v) is 2.28. The Bertz CT molecular complexity index is 883. The summed E-state index contributed by atoms with van der Waals surface area (Å²) in [4.78, 5) is 16.1. The van der Waals surface area contributed by atoms with E-state index >= 15 is 0 Å². The summed E-state index contributed by atoms with van der Waals surface area (Å²) < 4.78 is 23.9. The van der Waals surface area contributed by atoms with Crippen LogP contribution in [0.25, 0.3) is 0 Å². The zero-order valence-corrected chi connectivity index (χ0v) is 13.9. The number of nitrogens with zero attached hydrogens (tertiary/aromatic N) is 1. The van der Waals surface area contributed by atoms with Gasteiger partial charge in [-0.15, -0.1) is 0 Å². The average Bonchev–Trinajstić information content (AvgIpc) is 2.66. The van der Waals surface area contributed by atoms with Crippen LogP contribution in [0, 0.1) is 5.82 Å². The highest BCUT2D eigenvalue weighted by atomic mass is 19.1. The fraction of sp³-hybridized carbons (Fsp3) is 0.100. The second kappa shape index (κ2) is 8.11. The van der Waals surface area contributed by atoms with Crippen LogP contribution < -0.4 is 10.5 Å². The summed E-state index contributed by atoms with van der Waals surface area (Å²) in [7, 11) is 0. The molecule has 0 unspecified atom stereocenters. The van der Waals surface area contributed by atoms with E-state index in [0.717, 1.165) is 17.2 Å². The van der Waals surface area contributed by atoms with E-state index in [-0.39, 0.29) is 17.9 Å². The van der Waals surface area contributed by atoms with Crippen molar-refractivity contribution in [3.63, 3.8) is 0 Å². The molecule has 0 radical (unpaired) electrons. The molecule has 6 heteroatoms. The van der Waals surface area contributed by atoms with Gasteiger partial charge in [0.15, 0.2) is 0 Å². The number of rotatable bonds is 6. The van der Waals surface area contributed by atoms with Crippen LogP contribution in [-0.4, -0.2) is 11.0 Å². The van der Waals surface area contributed by atoms with Gasteiger partial charge in [-0.25, -0.2) is 9.18 Å². The summed E-state index contributed by atoms with van der Waals surface area (Å²) in [5.74, 6) is -0.396. The number of halogens is 1. The Morgan fingerprint density at radius 1 is 1.04 bits per heavy atom. The van der Waals surface area contributed by atoms with Crippen LogP contribution in [0.3, 0.4) is 0 Å². The Labute approximate surface area is 150 Å². The Kier molecular flexibility index (Phi) is 5.43. The number of pyridine rings is 1. The summed E-state index contributed by atoms with van der Waals surface area (Å²) in [5, 5.41) is 0. The molecular weight excluding hydrogens is 335 g/mol. The first-order valence-corrected chi connectivity index (χ1v) is 7.94. The number of nitrogens with two attached hydrogens (primary N) is 1. The number of carbonyl (C=O) groups excluding carboxylic acids is 1. The molecule has 0 aliphatic heterocycles. The first-order chi connectivity index (χ1) is 12.6. The molecule has 0 saturated carbocycles. The first kappa shape index (κ1) is 17.4. The number of aromatic nitrogens is 1. The van der Waals surface area contributed by atoms with Gasteiger partial charge >= 0.3 is 5.97 Å². The SMILES string of the molecule is Nc1cc(F)ccc1C(=O)OCc1ccc(OCc2cccnc2)cc1. The number of hydrogen-bond acceptors (Lipinski definition) is 5. The van der Waals surface area contributed by atoms with Crippen molar-refractivity contribution in [2.24, 2.45) is 0 Å². The predicted octanol–water partition coefficient (Wildman–Crippen LogP) is 3.74.